The molecule has 0 radical (unpaired) electrons. The lowest BCUT2D eigenvalue weighted by molar-refractivity contribution is 0.240. The zero-order valence-electron chi connectivity index (χ0n) is 17.6. The van der Waals surface area contributed by atoms with Crippen LogP contribution in [0.25, 0.3) is 22.3 Å². The van der Waals surface area contributed by atoms with E-state index in [1.165, 1.54) is 16.7 Å². The number of nitrogens with one attached hydrogen (secondary N) is 2. The molecule has 0 bridgehead atoms. The maximum Gasteiger partial charge on any atom is 0.221 e. The third-order valence-corrected chi connectivity index (χ3v) is 5.49. The Morgan fingerprint density at radius 2 is 1.77 bits per heavy atom. The van der Waals surface area contributed by atoms with Crippen molar-refractivity contribution in [3.8, 4) is 22.3 Å². The van der Waals surface area contributed by atoms with Gasteiger partial charge in [0.15, 0.2) is 0 Å². The van der Waals surface area contributed by atoms with Crippen molar-refractivity contribution in [2.45, 2.75) is 13.3 Å². The van der Waals surface area contributed by atoms with Crippen molar-refractivity contribution in [2.24, 2.45) is 0 Å². The van der Waals surface area contributed by atoms with E-state index in [1.54, 1.807) is 0 Å². The molecule has 0 amide bonds. The number of nitrogens with two attached hydrogens (primary N) is 1. The smallest absolute Gasteiger partial charge is 0.221 e. The molecule has 1 aromatic heterocycles. The van der Waals surface area contributed by atoms with Gasteiger partial charge < -0.3 is 21.3 Å². The fraction of sp³-hybridized carbons (Fsp3) is 0.333. The van der Waals surface area contributed by atoms with Gasteiger partial charge in [-0.15, -0.1) is 0 Å². The number of aryl methyl sites for hydroxylation is 1. The van der Waals surface area contributed by atoms with Gasteiger partial charge in [-0.25, -0.2) is 4.98 Å². The van der Waals surface area contributed by atoms with Crippen LogP contribution in [0, 0.1) is 6.92 Å². The standard InChI is InChI=1S/C24H30N6/c1-18-5-2-6-19(15-18)20-7-3-8-21(16-20)22-17-28-24(25)29-23(22)27-9-4-12-30-13-10-26-11-14-30/h2-3,5-8,15-17,26H,4,9-14H2,1H3,(H3,25,27,28,29). The van der Waals surface area contributed by atoms with Crippen molar-refractivity contribution in [1.82, 2.24) is 20.2 Å². The number of nitrogens with zero attached hydrogens (tertiary/aromatic N) is 3. The van der Waals surface area contributed by atoms with E-state index in [2.05, 4.69) is 81.0 Å². The maximum absolute atomic E-state index is 5.89. The van der Waals surface area contributed by atoms with Gasteiger partial charge in [-0.2, -0.15) is 4.98 Å². The average Bonchev–Trinajstić information content (AvgIpc) is 2.78. The summed E-state index contributed by atoms with van der Waals surface area (Å²) in [5.41, 5.74) is 11.6. The fourth-order valence-electron chi connectivity index (χ4n) is 3.88. The van der Waals surface area contributed by atoms with Gasteiger partial charge in [0.05, 0.1) is 0 Å². The van der Waals surface area contributed by atoms with Gasteiger partial charge in [-0.1, -0.05) is 48.0 Å². The van der Waals surface area contributed by atoms with Gasteiger partial charge in [0.1, 0.15) is 5.82 Å². The number of benzene rings is 2. The molecular weight excluding hydrogens is 372 g/mol. The highest BCUT2D eigenvalue weighted by molar-refractivity contribution is 5.79. The number of nitrogen functional groups attached to an aromatic ring is 1. The SMILES string of the molecule is Cc1cccc(-c2cccc(-c3cnc(N)nc3NCCCN3CCNCC3)c2)c1. The summed E-state index contributed by atoms with van der Waals surface area (Å²) in [6.07, 6.45) is 2.88. The molecule has 6 nitrogen and oxygen atoms in total. The maximum atomic E-state index is 5.89. The minimum absolute atomic E-state index is 0.290. The normalized spacial score (nSPS) is 14.6. The van der Waals surface area contributed by atoms with Crippen LogP contribution in [0.4, 0.5) is 11.8 Å². The van der Waals surface area contributed by atoms with Gasteiger partial charge in [0.25, 0.3) is 0 Å². The molecule has 30 heavy (non-hydrogen) atoms. The first-order valence-corrected chi connectivity index (χ1v) is 10.7. The summed E-state index contributed by atoms with van der Waals surface area (Å²) < 4.78 is 0. The van der Waals surface area contributed by atoms with Gasteiger partial charge >= 0.3 is 0 Å². The van der Waals surface area contributed by atoms with E-state index >= 15 is 0 Å². The first-order valence-electron chi connectivity index (χ1n) is 10.7. The Morgan fingerprint density at radius 1 is 1.03 bits per heavy atom. The van der Waals surface area contributed by atoms with E-state index in [0.29, 0.717) is 0 Å². The Hall–Kier alpha value is -2.96. The molecule has 0 aliphatic carbocycles. The molecular formula is C24H30N6. The third-order valence-electron chi connectivity index (χ3n) is 5.49. The summed E-state index contributed by atoms with van der Waals surface area (Å²) in [5.74, 6) is 1.09. The molecule has 4 N–H and O–H groups in total. The molecule has 0 atom stereocenters. The Labute approximate surface area is 178 Å². The number of hydrogen-bond donors (Lipinski definition) is 3. The van der Waals surface area contributed by atoms with Crippen molar-refractivity contribution in [3.05, 3.63) is 60.3 Å². The lowest BCUT2D eigenvalue weighted by Crippen LogP contribution is -2.44. The number of aromatic nitrogens is 2. The topological polar surface area (TPSA) is 79.1 Å². The zero-order chi connectivity index (χ0) is 20.8. The van der Waals surface area contributed by atoms with Crippen molar-refractivity contribution in [1.29, 1.82) is 0 Å². The third kappa shape index (κ3) is 5.14. The van der Waals surface area contributed by atoms with Crippen LogP contribution in [0.5, 0.6) is 0 Å². The molecule has 2 aromatic carbocycles. The summed E-state index contributed by atoms with van der Waals surface area (Å²) >= 11 is 0. The van der Waals surface area contributed by atoms with Crippen LogP contribution in [0.2, 0.25) is 0 Å². The molecule has 0 spiro atoms. The van der Waals surface area contributed by atoms with Crippen molar-refractivity contribution in [3.63, 3.8) is 0 Å². The van der Waals surface area contributed by atoms with Crippen LogP contribution >= 0.6 is 0 Å². The van der Waals surface area contributed by atoms with Crippen LogP contribution in [0.1, 0.15) is 12.0 Å². The molecule has 0 saturated carbocycles. The van der Waals surface area contributed by atoms with E-state index in [1.807, 2.05) is 6.20 Å². The van der Waals surface area contributed by atoms with Gasteiger partial charge in [0.2, 0.25) is 5.95 Å². The monoisotopic (exact) mass is 402 g/mol. The van der Waals surface area contributed by atoms with Crippen LogP contribution in [0.15, 0.2) is 54.7 Å². The number of rotatable bonds is 7. The molecule has 156 valence electrons. The van der Waals surface area contributed by atoms with E-state index < -0.39 is 0 Å². The number of hydrogen-bond acceptors (Lipinski definition) is 6. The Bertz CT molecular complexity index is 981. The van der Waals surface area contributed by atoms with E-state index in [-0.39, 0.29) is 5.95 Å². The van der Waals surface area contributed by atoms with E-state index in [0.717, 1.165) is 62.6 Å². The van der Waals surface area contributed by atoms with Gasteiger partial charge in [-0.05, 0) is 42.6 Å². The average molecular weight is 403 g/mol. The number of anilines is 2. The molecule has 1 aliphatic heterocycles. The summed E-state index contributed by atoms with van der Waals surface area (Å²) in [6.45, 7) is 8.46. The first kappa shape index (κ1) is 20.3. The summed E-state index contributed by atoms with van der Waals surface area (Å²) in [6, 6.07) is 17.1. The molecule has 4 rings (SSSR count). The van der Waals surface area contributed by atoms with Crippen molar-refractivity contribution >= 4 is 11.8 Å². The number of piperazine rings is 1. The largest absolute Gasteiger partial charge is 0.369 e. The van der Waals surface area contributed by atoms with Crippen LogP contribution in [-0.2, 0) is 0 Å². The second-order valence-electron chi connectivity index (χ2n) is 7.81. The van der Waals surface area contributed by atoms with E-state index in [4.69, 9.17) is 5.73 Å². The summed E-state index contributed by atoms with van der Waals surface area (Å²) in [5, 5.41) is 6.88. The molecule has 3 aromatic rings. The van der Waals surface area contributed by atoms with Crippen LogP contribution in [-0.4, -0.2) is 54.1 Å². The zero-order valence-corrected chi connectivity index (χ0v) is 17.6. The molecule has 1 fully saturated rings. The molecule has 1 aliphatic rings. The highest BCUT2D eigenvalue weighted by atomic mass is 15.2. The highest BCUT2D eigenvalue weighted by Crippen LogP contribution is 2.30. The highest BCUT2D eigenvalue weighted by Gasteiger charge is 2.11. The van der Waals surface area contributed by atoms with Gasteiger partial charge in [0, 0.05) is 44.5 Å². The minimum atomic E-state index is 0.290. The molecule has 0 unspecified atom stereocenters. The molecule has 1 saturated heterocycles. The lowest BCUT2D eigenvalue weighted by atomic mass is 9.99. The predicted molar refractivity (Wildman–Crippen MR) is 124 cm³/mol. The van der Waals surface area contributed by atoms with Crippen LogP contribution < -0.4 is 16.4 Å². The summed E-state index contributed by atoms with van der Waals surface area (Å²) in [4.78, 5) is 11.2. The summed E-state index contributed by atoms with van der Waals surface area (Å²) in [7, 11) is 0. The van der Waals surface area contributed by atoms with Crippen molar-refractivity contribution < 1.29 is 0 Å². The second kappa shape index (κ2) is 9.69. The van der Waals surface area contributed by atoms with Crippen molar-refractivity contribution in [2.75, 3.05) is 50.3 Å². The lowest BCUT2D eigenvalue weighted by Gasteiger charge is -2.27. The second-order valence-corrected chi connectivity index (χ2v) is 7.81. The Balaban J connectivity index is 1.49. The molecule has 6 heteroatoms. The predicted octanol–water partition coefficient (Wildman–Crippen LogP) is 3.41. The fourth-order valence-corrected chi connectivity index (χ4v) is 3.88. The Kier molecular flexibility index (Phi) is 6.57. The molecule has 2 heterocycles. The Morgan fingerprint density at radius 3 is 2.57 bits per heavy atom. The first-order chi connectivity index (χ1) is 14.7. The van der Waals surface area contributed by atoms with Gasteiger partial charge in [-0.3, -0.25) is 0 Å². The van der Waals surface area contributed by atoms with E-state index in [9.17, 15) is 0 Å². The minimum Gasteiger partial charge on any atom is -0.369 e. The van der Waals surface area contributed by atoms with Crippen LogP contribution in [0.3, 0.4) is 0 Å². The quantitative estimate of drug-likeness (QED) is 0.526.